The van der Waals surface area contributed by atoms with Gasteiger partial charge >= 0.3 is 0 Å². The third kappa shape index (κ3) is 3.09. The number of halogens is 1. The summed E-state index contributed by atoms with van der Waals surface area (Å²) in [6.07, 6.45) is 0. The van der Waals surface area contributed by atoms with Crippen LogP contribution in [0.4, 0.5) is 5.69 Å². The number of anilines is 1. The summed E-state index contributed by atoms with van der Waals surface area (Å²) >= 11 is 6.21. The van der Waals surface area contributed by atoms with E-state index in [0.717, 1.165) is 31.7 Å². The number of carbonyl (C=O) groups is 1. The van der Waals surface area contributed by atoms with E-state index in [0.29, 0.717) is 10.6 Å². The Morgan fingerprint density at radius 3 is 2.32 bits per heavy atom. The van der Waals surface area contributed by atoms with E-state index in [4.69, 9.17) is 11.6 Å². The second-order valence-electron chi connectivity index (χ2n) is 5.60. The highest BCUT2D eigenvalue weighted by Crippen LogP contribution is 2.21. The highest BCUT2D eigenvalue weighted by Gasteiger charge is 2.23. The number of para-hydroxylation sites is 1. The number of rotatable bonds is 2. The molecule has 0 N–H and O–H groups in total. The highest BCUT2D eigenvalue weighted by atomic mass is 35.5. The molecule has 0 bridgehead atoms. The molecule has 22 heavy (non-hydrogen) atoms. The molecule has 1 fully saturated rings. The first kappa shape index (κ1) is 14.9. The van der Waals surface area contributed by atoms with Crippen molar-refractivity contribution in [3.05, 3.63) is 64.7 Å². The molecule has 0 atom stereocenters. The minimum absolute atomic E-state index is 0.0257. The molecular weight excluding hydrogens is 296 g/mol. The summed E-state index contributed by atoms with van der Waals surface area (Å²) < 4.78 is 0. The highest BCUT2D eigenvalue weighted by molar-refractivity contribution is 6.33. The molecule has 0 saturated carbocycles. The number of carbonyl (C=O) groups excluding carboxylic acids is 1. The van der Waals surface area contributed by atoms with Crippen LogP contribution in [0.15, 0.2) is 48.5 Å². The van der Waals surface area contributed by atoms with Crippen molar-refractivity contribution in [2.75, 3.05) is 31.1 Å². The van der Waals surface area contributed by atoms with Crippen LogP contribution < -0.4 is 4.90 Å². The normalized spacial score (nSPS) is 15.0. The lowest BCUT2D eigenvalue weighted by atomic mass is 10.1. The molecule has 1 saturated heterocycles. The molecule has 1 aliphatic heterocycles. The second-order valence-corrected chi connectivity index (χ2v) is 6.01. The Balaban J connectivity index is 1.67. The lowest BCUT2D eigenvalue weighted by Gasteiger charge is -2.36. The Morgan fingerprint density at radius 2 is 1.68 bits per heavy atom. The van der Waals surface area contributed by atoms with Gasteiger partial charge in [0.1, 0.15) is 0 Å². The van der Waals surface area contributed by atoms with Crippen LogP contribution in [0.25, 0.3) is 0 Å². The van der Waals surface area contributed by atoms with Crippen molar-refractivity contribution in [3.63, 3.8) is 0 Å². The van der Waals surface area contributed by atoms with Crippen LogP contribution in [-0.4, -0.2) is 37.0 Å². The predicted molar refractivity (Wildman–Crippen MR) is 90.7 cm³/mol. The van der Waals surface area contributed by atoms with Crippen LogP contribution in [0.1, 0.15) is 15.9 Å². The summed E-state index contributed by atoms with van der Waals surface area (Å²) in [4.78, 5) is 16.8. The molecule has 114 valence electrons. The van der Waals surface area contributed by atoms with E-state index >= 15 is 0 Å². The topological polar surface area (TPSA) is 23.6 Å². The fraction of sp³-hybridized carbons (Fsp3) is 0.278. The quantitative estimate of drug-likeness (QED) is 0.845. The zero-order valence-electron chi connectivity index (χ0n) is 12.6. The van der Waals surface area contributed by atoms with Crippen LogP contribution in [0.5, 0.6) is 0 Å². The zero-order chi connectivity index (χ0) is 15.5. The fourth-order valence-electron chi connectivity index (χ4n) is 2.77. The van der Waals surface area contributed by atoms with Gasteiger partial charge in [0.15, 0.2) is 0 Å². The van der Waals surface area contributed by atoms with Crippen molar-refractivity contribution in [1.29, 1.82) is 0 Å². The first-order chi connectivity index (χ1) is 10.6. The monoisotopic (exact) mass is 314 g/mol. The van der Waals surface area contributed by atoms with E-state index in [2.05, 4.69) is 17.0 Å². The molecule has 0 aromatic heterocycles. The molecule has 2 aromatic carbocycles. The number of hydrogen-bond acceptors (Lipinski definition) is 2. The van der Waals surface area contributed by atoms with Crippen molar-refractivity contribution in [3.8, 4) is 0 Å². The maximum atomic E-state index is 12.6. The maximum Gasteiger partial charge on any atom is 0.255 e. The molecular formula is C18H19ClN2O. The lowest BCUT2D eigenvalue weighted by molar-refractivity contribution is 0.0747. The Kier molecular flexibility index (Phi) is 4.34. The Morgan fingerprint density at radius 1 is 1.00 bits per heavy atom. The van der Waals surface area contributed by atoms with Crippen molar-refractivity contribution < 1.29 is 4.79 Å². The average molecular weight is 315 g/mol. The van der Waals surface area contributed by atoms with Gasteiger partial charge in [-0.3, -0.25) is 4.79 Å². The first-order valence-electron chi connectivity index (χ1n) is 7.50. The lowest BCUT2D eigenvalue weighted by Crippen LogP contribution is -2.48. The largest absolute Gasteiger partial charge is 0.368 e. The molecule has 1 aliphatic rings. The standard InChI is InChI=1S/C18H19ClN2O/c1-14-7-8-16(17(19)13-14)18(22)21-11-9-20(10-12-21)15-5-3-2-4-6-15/h2-8,13H,9-12H2,1H3. The summed E-state index contributed by atoms with van der Waals surface area (Å²) in [5, 5.41) is 0.537. The molecule has 1 heterocycles. The molecule has 2 aromatic rings. The predicted octanol–water partition coefficient (Wildman–Crippen LogP) is 3.61. The van der Waals surface area contributed by atoms with Gasteiger partial charge in [-0.2, -0.15) is 0 Å². The molecule has 0 radical (unpaired) electrons. The summed E-state index contributed by atoms with van der Waals surface area (Å²) in [6, 6.07) is 15.9. The van der Waals surface area contributed by atoms with Gasteiger partial charge in [0.25, 0.3) is 5.91 Å². The Labute approximate surface area is 136 Å². The molecule has 3 rings (SSSR count). The maximum absolute atomic E-state index is 12.6. The van der Waals surface area contributed by atoms with Gasteiger partial charge in [0.2, 0.25) is 0 Å². The van der Waals surface area contributed by atoms with Crippen molar-refractivity contribution in [2.45, 2.75) is 6.92 Å². The molecule has 3 nitrogen and oxygen atoms in total. The van der Waals surface area contributed by atoms with Crippen LogP contribution in [0.3, 0.4) is 0 Å². The number of nitrogens with zero attached hydrogens (tertiary/aromatic N) is 2. The SMILES string of the molecule is Cc1ccc(C(=O)N2CCN(c3ccccc3)CC2)c(Cl)c1. The third-order valence-corrected chi connectivity index (χ3v) is 4.36. The Bertz CT molecular complexity index is 664. The fourth-order valence-corrected chi connectivity index (χ4v) is 3.09. The molecule has 1 amide bonds. The summed E-state index contributed by atoms with van der Waals surface area (Å²) in [6.45, 7) is 5.10. The van der Waals surface area contributed by atoms with Crippen molar-refractivity contribution in [2.24, 2.45) is 0 Å². The smallest absolute Gasteiger partial charge is 0.255 e. The number of hydrogen-bond donors (Lipinski definition) is 0. The van der Waals surface area contributed by atoms with E-state index in [1.807, 2.05) is 48.2 Å². The molecule has 4 heteroatoms. The van der Waals surface area contributed by atoms with Crippen LogP contribution in [0.2, 0.25) is 5.02 Å². The van der Waals surface area contributed by atoms with Crippen LogP contribution in [0, 0.1) is 6.92 Å². The van der Waals surface area contributed by atoms with Crippen molar-refractivity contribution >= 4 is 23.2 Å². The summed E-state index contributed by atoms with van der Waals surface area (Å²) in [5.74, 6) is 0.0257. The Hall–Kier alpha value is -2.00. The van der Waals surface area contributed by atoms with E-state index in [1.54, 1.807) is 0 Å². The van der Waals surface area contributed by atoms with E-state index in [9.17, 15) is 4.79 Å². The van der Waals surface area contributed by atoms with Gasteiger partial charge in [0.05, 0.1) is 10.6 Å². The van der Waals surface area contributed by atoms with Gasteiger partial charge in [0, 0.05) is 31.9 Å². The minimum Gasteiger partial charge on any atom is -0.368 e. The zero-order valence-corrected chi connectivity index (χ0v) is 13.4. The molecule has 0 aliphatic carbocycles. The second kappa shape index (κ2) is 6.41. The number of piperazine rings is 1. The van der Waals surface area contributed by atoms with Crippen LogP contribution in [-0.2, 0) is 0 Å². The first-order valence-corrected chi connectivity index (χ1v) is 7.88. The van der Waals surface area contributed by atoms with Crippen LogP contribution >= 0.6 is 11.6 Å². The van der Waals surface area contributed by atoms with Gasteiger partial charge < -0.3 is 9.80 Å². The van der Waals surface area contributed by atoms with Gasteiger partial charge in [-0.05, 0) is 36.8 Å². The van der Waals surface area contributed by atoms with Gasteiger partial charge in [-0.25, -0.2) is 0 Å². The average Bonchev–Trinajstić information content (AvgIpc) is 2.55. The number of benzene rings is 2. The van der Waals surface area contributed by atoms with E-state index in [1.165, 1.54) is 5.69 Å². The number of amides is 1. The van der Waals surface area contributed by atoms with Gasteiger partial charge in [-0.1, -0.05) is 35.9 Å². The van der Waals surface area contributed by atoms with E-state index in [-0.39, 0.29) is 5.91 Å². The van der Waals surface area contributed by atoms with Crippen molar-refractivity contribution in [1.82, 2.24) is 4.90 Å². The minimum atomic E-state index is 0.0257. The third-order valence-electron chi connectivity index (χ3n) is 4.04. The van der Waals surface area contributed by atoms with Gasteiger partial charge in [-0.15, -0.1) is 0 Å². The summed E-state index contributed by atoms with van der Waals surface area (Å²) in [7, 11) is 0. The molecule has 0 unspecified atom stereocenters. The van der Waals surface area contributed by atoms with E-state index < -0.39 is 0 Å². The number of aryl methyl sites for hydroxylation is 1. The summed E-state index contributed by atoms with van der Waals surface area (Å²) in [5.41, 5.74) is 2.87. The molecule has 0 spiro atoms.